The minimum absolute atomic E-state index is 0.108. The molecule has 0 saturated heterocycles. The zero-order chi connectivity index (χ0) is 23.5. The molecule has 168 valence electrons. The Labute approximate surface area is 194 Å². The Bertz CT molecular complexity index is 1460. The summed E-state index contributed by atoms with van der Waals surface area (Å²) in [5.74, 6) is 0.120. The molecule has 1 amide bonds. The lowest BCUT2D eigenvalue weighted by atomic mass is 9.91. The molecule has 0 bridgehead atoms. The van der Waals surface area contributed by atoms with Crippen molar-refractivity contribution in [3.63, 3.8) is 0 Å². The van der Waals surface area contributed by atoms with Crippen LogP contribution in [-0.4, -0.2) is 43.3 Å². The average Bonchev–Trinajstić information content (AvgIpc) is 3.44. The molecule has 0 spiro atoms. The largest absolute Gasteiger partial charge is 0.497 e. The van der Waals surface area contributed by atoms with Crippen LogP contribution in [0.25, 0.3) is 22.0 Å². The maximum Gasteiger partial charge on any atom is 0.269 e. The minimum atomic E-state index is -2.03. The van der Waals surface area contributed by atoms with E-state index >= 15 is 0 Å². The highest BCUT2D eigenvalue weighted by Gasteiger charge is 2.42. The van der Waals surface area contributed by atoms with Gasteiger partial charge < -0.3 is 20.1 Å². The van der Waals surface area contributed by atoms with E-state index in [1.54, 1.807) is 62.1 Å². The summed E-state index contributed by atoms with van der Waals surface area (Å²) >= 11 is 0. The molecule has 34 heavy (non-hydrogen) atoms. The lowest BCUT2D eigenvalue weighted by molar-refractivity contribution is -0.131. The van der Waals surface area contributed by atoms with E-state index < -0.39 is 11.5 Å². The number of hydrogen-bond donors (Lipinski definition) is 3. The van der Waals surface area contributed by atoms with Gasteiger partial charge in [-0.2, -0.15) is 10.2 Å². The summed E-state index contributed by atoms with van der Waals surface area (Å²) in [5, 5.41) is 23.4. The summed E-state index contributed by atoms with van der Waals surface area (Å²) in [6.45, 7) is 0. The SMILES string of the molecule is COc1ccc2nncc(-c3cncc(NC(=O)C(O)(c4ccccc4)c4ncc[nH]4)c3)c2c1. The van der Waals surface area contributed by atoms with E-state index in [4.69, 9.17) is 4.74 Å². The van der Waals surface area contributed by atoms with Gasteiger partial charge in [0.05, 0.1) is 30.7 Å². The molecule has 0 radical (unpaired) electrons. The summed E-state index contributed by atoms with van der Waals surface area (Å²) in [4.78, 5) is 24.7. The van der Waals surface area contributed by atoms with E-state index in [9.17, 15) is 9.90 Å². The number of fused-ring (bicyclic) bond motifs is 1. The van der Waals surface area contributed by atoms with Crippen LogP contribution >= 0.6 is 0 Å². The van der Waals surface area contributed by atoms with Crippen molar-refractivity contribution in [3.8, 4) is 16.9 Å². The maximum atomic E-state index is 13.4. The molecule has 0 aliphatic heterocycles. The van der Waals surface area contributed by atoms with Gasteiger partial charge in [0.1, 0.15) is 5.75 Å². The van der Waals surface area contributed by atoms with Crippen molar-refractivity contribution in [3.05, 3.63) is 97.0 Å². The second kappa shape index (κ2) is 8.72. The number of rotatable bonds is 6. The van der Waals surface area contributed by atoms with Gasteiger partial charge in [0.2, 0.25) is 5.60 Å². The molecular formula is C25H20N6O3. The molecule has 0 saturated carbocycles. The van der Waals surface area contributed by atoms with Gasteiger partial charge in [-0.1, -0.05) is 30.3 Å². The number of nitrogens with zero attached hydrogens (tertiary/aromatic N) is 4. The number of aliphatic hydroxyl groups is 1. The lowest BCUT2D eigenvalue weighted by Crippen LogP contribution is -2.42. The Balaban J connectivity index is 1.52. The Morgan fingerprint density at radius 1 is 1.09 bits per heavy atom. The number of aromatic amines is 1. The molecule has 0 aliphatic rings. The lowest BCUT2D eigenvalue weighted by Gasteiger charge is -2.25. The molecule has 1 atom stereocenters. The zero-order valence-corrected chi connectivity index (χ0v) is 18.1. The summed E-state index contributed by atoms with van der Waals surface area (Å²) in [5.41, 5.74) is 0.936. The molecule has 1 unspecified atom stereocenters. The number of anilines is 1. The third kappa shape index (κ3) is 3.74. The Morgan fingerprint density at radius 3 is 2.71 bits per heavy atom. The van der Waals surface area contributed by atoms with Gasteiger partial charge in [0.15, 0.2) is 5.82 Å². The third-order valence-electron chi connectivity index (χ3n) is 5.51. The number of H-pyrrole nitrogens is 1. The van der Waals surface area contributed by atoms with E-state index in [2.05, 4.69) is 30.5 Å². The highest BCUT2D eigenvalue weighted by molar-refractivity contribution is 6.01. The van der Waals surface area contributed by atoms with Crippen LogP contribution in [0.2, 0.25) is 0 Å². The predicted molar refractivity (Wildman–Crippen MR) is 126 cm³/mol. The van der Waals surface area contributed by atoms with Crippen LogP contribution in [0.1, 0.15) is 11.4 Å². The van der Waals surface area contributed by atoms with E-state index in [0.717, 1.165) is 10.9 Å². The van der Waals surface area contributed by atoms with Crippen LogP contribution in [-0.2, 0) is 10.4 Å². The molecule has 5 aromatic rings. The van der Waals surface area contributed by atoms with Crippen LogP contribution in [0.4, 0.5) is 5.69 Å². The fourth-order valence-corrected chi connectivity index (χ4v) is 3.79. The van der Waals surface area contributed by atoms with Crippen LogP contribution < -0.4 is 10.1 Å². The van der Waals surface area contributed by atoms with Crippen LogP contribution in [0.15, 0.2) is 85.6 Å². The summed E-state index contributed by atoms with van der Waals surface area (Å²) < 4.78 is 5.35. The molecule has 3 heterocycles. The molecule has 9 heteroatoms. The van der Waals surface area contributed by atoms with Crippen LogP contribution in [0.5, 0.6) is 5.75 Å². The fraction of sp³-hybridized carbons (Fsp3) is 0.0800. The highest BCUT2D eigenvalue weighted by atomic mass is 16.5. The van der Waals surface area contributed by atoms with Crippen molar-refractivity contribution in [2.45, 2.75) is 5.60 Å². The van der Waals surface area contributed by atoms with Gasteiger partial charge in [-0.25, -0.2) is 4.98 Å². The average molecular weight is 452 g/mol. The summed E-state index contributed by atoms with van der Waals surface area (Å²) in [6.07, 6.45) is 7.84. The third-order valence-corrected chi connectivity index (χ3v) is 5.51. The van der Waals surface area contributed by atoms with Crippen LogP contribution in [0, 0.1) is 0 Å². The molecule has 3 N–H and O–H groups in total. The molecular weight excluding hydrogens is 432 g/mol. The monoisotopic (exact) mass is 452 g/mol. The van der Waals surface area contributed by atoms with E-state index in [0.29, 0.717) is 28.1 Å². The minimum Gasteiger partial charge on any atom is -0.497 e. The number of hydrogen-bond acceptors (Lipinski definition) is 7. The van der Waals surface area contributed by atoms with Crippen molar-refractivity contribution in [2.75, 3.05) is 12.4 Å². The smallest absolute Gasteiger partial charge is 0.269 e. The highest BCUT2D eigenvalue weighted by Crippen LogP contribution is 2.32. The first-order valence-electron chi connectivity index (χ1n) is 10.4. The van der Waals surface area contributed by atoms with Gasteiger partial charge in [0, 0.05) is 40.7 Å². The maximum absolute atomic E-state index is 13.4. The van der Waals surface area contributed by atoms with Gasteiger partial charge in [0.25, 0.3) is 5.91 Å². The van der Waals surface area contributed by atoms with Crippen molar-refractivity contribution in [2.24, 2.45) is 0 Å². The molecule has 0 fully saturated rings. The van der Waals surface area contributed by atoms with E-state index in [1.165, 1.54) is 12.4 Å². The first kappa shape index (κ1) is 21.2. The number of amides is 1. The molecule has 3 aromatic heterocycles. The predicted octanol–water partition coefficient (Wildman–Crippen LogP) is 3.30. The Morgan fingerprint density at radius 2 is 1.94 bits per heavy atom. The number of ether oxygens (including phenoxy) is 1. The quantitative estimate of drug-likeness (QED) is 0.361. The van der Waals surface area contributed by atoms with E-state index in [-0.39, 0.29) is 5.82 Å². The van der Waals surface area contributed by atoms with Gasteiger partial charge in [-0.3, -0.25) is 9.78 Å². The second-order valence-corrected chi connectivity index (χ2v) is 7.57. The van der Waals surface area contributed by atoms with Crippen molar-refractivity contribution in [1.82, 2.24) is 25.1 Å². The first-order valence-corrected chi connectivity index (χ1v) is 10.4. The van der Waals surface area contributed by atoms with Gasteiger partial charge in [-0.05, 0) is 24.3 Å². The number of methoxy groups -OCH3 is 1. The number of carbonyl (C=O) groups excluding carboxylic acids is 1. The van der Waals surface area contributed by atoms with Crippen molar-refractivity contribution < 1.29 is 14.6 Å². The molecule has 0 aliphatic carbocycles. The summed E-state index contributed by atoms with van der Waals surface area (Å²) in [6, 6.07) is 15.9. The summed E-state index contributed by atoms with van der Waals surface area (Å²) in [7, 11) is 1.60. The Kier molecular flexibility index (Phi) is 5.44. The number of pyridine rings is 1. The van der Waals surface area contributed by atoms with Gasteiger partial charge >= 0.3 is 0 Å². The molecule has 2 aromatic carbocycles. The number of imidazole rings is 1. The standard InChI is InChI=1S/C25H20N6O3/c1-34-19-7-8-22-20(12-19)21(15-29-31-22)16-11-18(14-26-13-16)30-24(32)25(33,23-27-9-10-28-23)17-5-3-2-4-6-17/h2-15,33H,1H3,(H,27,28)(H,30,32). The number of carbonyl (C=O) groups is 1. The number of benzene rings is 2. The second-order valence-electron chi connectivity index (χ2n) is 7.57. The fourth-order valence-electron chi connectivity index (χ4n) is 3.79. The Hall–Kier alpha value is -4.63. The van der Waals surface area contributed by atoms with Crippen molar-refractivity contribution in [1.29, 1.82) is 0 Å². The van der Waals surface area contributed by atoms with Crippen LogP contribution in [0.3, 0.4) is 0 Å². The molecule has 5 rings (SSSR count). The topological polar surface area (TPSA) is 126 Å². The number of aromatic nitrogens is 5. The normalized spacial score (nSPS) is 12.8. The van der Waals surface area contributed by atoms with Gasteiger partial charge in [-0.15, -0.1) is 0 Å². The first-order chi connectivity index (χ1) is 16.6. The van der Waals surface area contributed by atoms with E-state index in [1.807, 2.05) is 18.2 Å². The molecule has 9 nitrogen and oxygen atoms in total. The number of nitrogens with one attached hydrogen (secondary N) is 2. The van der Waals surface area contributed by atoms with Crippen molar-refractivity contribution >= 4 is 22.5 Å². The zero-order valence-electron chi connectivity index (χ0n) is 18.1.